The van der Waals surface area contributed by atoms with Crippen molar-refractivity contribution in [1.82, 2.24) is 4.57 Å². The SMILES string of the molecule is Cn1ccc(CNc2ccc(F)c(F)c2)c1. The van der Waals surface area contributed by atoms with E-state index in [1.165, 1.54) is 6.07 Å². The van der Waals surface area contributed by atoms with Gasteiger partial charge in [0, 0.05) is 37.7 Å². The number of hydrogen-bond acceptors (Lipinski definition) is 1. The normalized spacial score (nSPS) is 10.4. The molecule has 2 rings (SSSR count). The van der Waals surface area contributed by atoms with Crippen LogP contribution in [0.4, 0.5) is 14.5 Å². The molecule has 0 atom stereocenters. The monoisotopic (exact) mass is 222 g/mol. The fourth-order valence-corrected chi connectivity index (χ4v) is 1.48. The van der Waals surface area contributed by atoms with Gasteiger partial charge in [-0.3, -0.25) is 0 Å². The highest BCUT2D eigenvalue weighted by molar-refractivity contribution is 5.43. The Balaban J connectivity index is 2.02. The molecule has 0 aliphatic heterocycles. The predicted molar refractivity (Wildman–Crippen MR) is 59.1 cm³/mol. The molecule has 0 radical (unpaired) electrons. The Morgan fingerprint density at radius 2 is 2.00 bits per heavy atom. The maximum absolute atomic E-state index is 12.9. The van der Waals surface area contributed by atoms with E-state index in [0.717, 1.165) is 17.7 Å². The van der Waals surface area contributed by atoms with Crippen LogP contribution in [0.15, 0.2) is 36.7 Å². The maximum atomic E-state index is 12.9. The van der Waals surface area contributed by atoms with Gasteiger partial charge in [-0.1, -0.05) is 0 Å². The zero-order valence-corrected chi connectivity index (χ0v) is 8.87. The second kappa shape index (κ2) is 4.35. The summed E-state index contributed by atoms with van der Waals surface area (Å²) in [5.41, 5.74) is 1.66. The molecule has 0 aliphatic carbocycles. The van der Waals surface area contributed by atoms with E-state index in [1.807, 2.05) is 30.1 Å². The maximum Gasteiger partial charge on any atom is 0.160 e. The summed E-state index contributed by atoms with van der Waals surface area (Å²) in [6.07, 6.45) is 3.90. The lowest BCUT2D eigenvalue weighted by Gasteiger charge is -2.05. The molecule has 1 N–H and O–H groups in total. The Morgan fingerprint density at radius 3 is 2.62 bits per heavy atom. The van der Waals surface area contributed by atoms with Crippen molar-refractivity contribution < 1.29 is 8.78 Å². The van der Waals surface area contributed by atoms with Crippen LogP contribution in [0.3, 0.4) is 0 Å². The lowest BCUT2D eigenvalue weighted by atomic mass is 10.2. The first kappa shape index (κ1) is 10.7. The predicted octanol–water partition coefficient (Wildman–Crippen LogP) is 2.92. The van der Waals surface area contributed by atoms with Crippen LogP contribution in [0.2, 0.25) is 0 Å². The first-order valence-corrected chi connectivity index (χ1v) is 4.95. The van der Waals surface area contributed by atoms with Crippen LogP contribution in [-0.2, 0) is 13.6 Å². The Bertz CT molecular complexity index is 492. The van der Waals surface area contributed by atoms with Crippen molar-refractivity contribution in [1.29, 1.82) is 0 Å². The van der Waals surface area contributed by atoms with E-state index in [-0.39, 0.29) is 0 Å². The molecule has 4 heteroatoms. The Hall–Kier alpha value is -1.84. The summed E-state index contributed by atoms with van der Waals surface area (Å²) in [5.74, 6) is -1.66. The Morgan fingerprint density at radius 1 is 1.19 bits per heavy atom. The number of halogens is 2. The number of anilines is 1. The van der Waals surface area contributed by atoms with Crippen LogP contribution < -0.4 is 5.32 Å². The molecule has 0 unspecified atom stereocenters. The first-order valence-electron chi connectivity index (χ1n) is 4.95. The van der Waals surface area contributed by atoms with Crippen molar-refractivity contribution in [3.8, 4) is 0 Å². The third-order valence-corrected chi connectivity index (χ3v) is 2.31. The first-order chi connectivity index (χ1) is 7.65. The van der Waals surface area contributed by atoms with Gasteiger partial charge in [0.2, 0.25) is 0 Å². The highest BCUT2D eigenvalue weighted by Gasteiger charge is 2.02. The molecule has 0 fully saturated rings. The van der Waals surface area contributed by atoms with Crippen molar-refractivity contribution in [3.05, 3.63) is 53.9 Å². The van der Waals surface area contributed by atoms with Crippen LogP contribution in [0.5, 0.6) is 0 Å². The van der Waals surface area contributed by atoms with E-state index in [9.17, 15) is 8.78 Å². The van der Waals surface area contributed by atoms with Crippen molar-refractivity contribution >= 4 is 5.69 Å². The summed E-state index contributed by atoms with van der Waals surface area (Å²) in [6, 6.07) is 5.75. The van der Waals surface area contributed by atoms with Gasteiger partial charge >= 0.3 is 0 Å². The molecule has 0 spiro atoms. The summed E-state index contributed by atoms with van der Waals surface area (Å²) in [7, 11) is 1.93. The lowest BCUT2D eigenvalue weighted by molar-refractivity contribution is 0.509. The molecule has 2 nitrogen and oxygen atoms in total. The van der Waals surface area contributed by atoms with Gasteiger partial charge in [0.25, 0.3) is 0 Å². The number of rotatable bonds is 3. The zero-order chi connectivity index (χ0) is 11.5. The fraction of sp³-hybridized carbons (Fsp3) is 0.167. The van der Waals surface area contributed by atoms with Crippen molar-refractivity contribution in [2.75, 3.05) is 5.32 Å². The van der Waals surface area contributed by atoms with E-state index < -0.39 is 11.6 Å². The molecule has 0 bridgehead atoms. The van der Waals surface area contributed by atoms with Crippen molar-refractivity contribution in [2.24, 2.45) is 7.05 Å². The summed E-state index contributed by atoms with van der Waals surface area (Å²) >= 11 is 0. The quantitative estimate of drug-likeness (QED) is 0.844. The van der Waals surface area contributed by atoms with Crippen LogP contribution in [0.25, 0.3) is 0 Å². The number of nitrogens with one attached hydrogen (secondary N) is 1. The highest BCUT2D eigenvalue weighted by Crippen LogP contribution is 2.14. The van der Waals surface area contributed by atoms with Gasteiger partial charge in [-0.15, -0.1) is 0 Å². The average molecular weight is 222 g/mol. The molecular weight excluding hydrogens is 210 g/mol. The van der Waals surface area contributed by atoms with Crippen molar-refractivity contribution in [3.63, 3.8) is 0 Å². The Kier molecular flexibility index (Phi) is 2.90. The van der Waals surface area contributed by atoms with E-state index in [1.54, 1.807) is 0 Å². The van der Waals surface area contributed by atoms with Crippen LogP contribution in [-0.4, -0.2) is 4.57 Å². The summed E-state index contributed by atoms with van der Waals surface area (Å²) in [6.45, 7) is 0.589. The molecule has 2 aromatic rings. The zero-order valence-electron chi connectivity index (χ0n) is 8.87. The van der Waals surface area contributed by atoms with Gasteiger partial charge in [-0.05, 0) is 23.8 Å². The molecule has 84 valence electrons. The lowest BCUT2D eigenvalue weighted by Crippen LogP contribution is -1.99. The third-order valence-electron chi connectivity index (χ3n) is 2.31. The molecule has 0 saturated carbocycles. The van der Waals surface area contributed by atoms with Gasteiger partial charge in [0.1, 0.15) is 0 Å². The minimum atomic E-state index is -0.835. The minimum absolute atomic E-state index is 0.572. The summed E-state index contributed by atoms with van der Waals surface area (Å²) in [5, 5.41) is 3.02. The summed E-state index contributed by atoms with van der Waals surface area (Å²) < 4.78 is 27.5. The van der Waals surface area contributed by atoms with Gasteiger partial charge in [-0.2, -0.15) is 0 Å². The van der Waals surface area contributed by atoms with Gasteiger partial charge in [0.15, 0.2) is 11.6 Å². The third kappa shape index (κ3) is 2.39. The van der Waals surface area contributed by atoms with Crippen LogP contribution in [0.1, 0.15) is 5.56 Å². The number of hydrogen-bond donors (Lipinski definition) is 1. The van der Waals surface area contributed by atoms with Crippen molar-refractivity contribution in [2.45, 2.75) is 6.54 Å². The number of benzene rings is 1. The molecule has 0 saturated heterocycles. The highest BCUT2D eigenvalue weighted by atomic mass is 19.2. The standard InChI is InChI=1S/C12H12F2N2/c1-16-5-4-9(8-16)7-15-10-2-3-11(13)12(14)6-10/h2-6,8,15H,7H2,1H3. The number of nitrogens with zero attached hydrogens (tertiary/aromatic N) is 1. The summed E-state index contributed by atoms with van der Waals surface area (Å²) in [4.78, 5) is 0. The van der Waals surface area contributed by atoms with E-state index in [0.29, 0.717) is 12.2 Å². The second-order valence-electron chi connectivity index (χ2n) is 3.67. The van der Waals surface area contributed by atoms with Crippen LogP contribution in [0, 0.1) is 11.6 Å². The topological polar surface area (TPSA) is 17.0 Å². The molecule has 1 aromatic heterocycles. The van der Waals surface area contributed by atoms with Gasteiger partial charge < -0.3 is 9.88 Å². The largest absolute Gasteiger partial charge is 0.381 e. The molecule has 0 amide bonds. The molecule has 1 heterocycles. The number of aryl methyl sites for hydroxylation is 1. The van der Waals surface area contributed by atoms with E-state index in [2.05, 4.69) is 5.32 Å². The molecule has 1 aromatic carbocycles. The molecular formula is C12H12F2N2. The molecule has 16 heavy (non-hydrogen) atoms. The van der Waals surface area contributed by atoms with E-state index >= 15 is 0 Å². The minimum Gasteiger partial charge on any atom is -0.381 e. The Labute approximate surface area is 92.5 Å². The fourth-order valence-electron chi connectivity index (χ4n) is 1.48. The number of aromatic nitrogens is 1. The average Bonchev–Trinajstić information content (AvgIpc) is 2.66. The smallest absolute Gasteiger partial charge is 0.160 e. The van der Waals surface area contributed by atoms with Crippen LogP contribution >= 0.6 is 0 Å². The molecule has 0 aliphatic rings. The van der Waals surface area contributed by atoms with Gasteiger partial charge in [0.05, 0.1) is 0 Å². The van der Waals surface area contributed by atoms with E-state index in [4.69, 9.17) is 0 Å². The van der Waals surface area contributed by atoms with Gasteiger partial charge in [-0.25, -0.2) is 8.78 Å². The second-order valence-corrected chi connectivity index (χ2v) is 3.67.